The van der Waals surface area contributed by atoms with E-state index in [2.05, 4.69) is 9.88 Å². The lowest BCUT2D eigenvalue weighted by atomic mass is 10.00. The van der Waals surface area contributed by atoms with Gasteiger partial charge in [0.1, 0.15) is 0 Å². The second-order valence-electron chi connectivity index (χ2n) is 7.21. The molecule has 0 fully saturated rings. The highest BCUT2D eigenvalue weighted by Crippen LogP contribution is 2.51. The standard InChI is InChI=1S/C22H22N2O4S/c1-15-9-10-21-19(14-15)24(17-7-3-4-8-20(17)28-21)18(11-13-29(25,26)27)22-16(2)6-5-12-23-22/h3-10,12,14,18H,11,13H2,1-2H3,(H,25,26,27). The van der Waals surface area contributed by atoms with E-state index in [1.54, 1.807) is 6.20 Å². The Kier molecular flexibility index (Phi) is 5.02. The zero-order valence-electron chi connectivity index (χ0n) is 16.2. The van der Waals surface area contributed by atoms with Gasteiger partial charge in [-0.15, -0.1) is 0 Å². The molecule has 4 rings (SSSR count). The van der Waals surface area contributed by atoms with Crippen molar-refractivity contribution in [3.63, 3.8) is 0 Å². The van der Waals surface area contributed by atoms with Gasteiger partial charge in [0.05, 0.1) is 28.9 Å². The van der Waals surface area contributed by atoms with E-state index in [9.17, 15) is 13.0 Å². The van der Waals surface area contributed by atoms with Crippen LogP contribution in [0.5, 0.6) is 11.5 Å². The number of fused-ring (bicyclic) bond motifs is 2. The molecule has 1 N–H and O–H groups in total. The number of nitrogens with zero attached hydrogens (tertiary/aromatic N) is 2. The summed E-state index contributed by atoms with van der Waals surface area (Å²) in [5.74, 6) is 1.02. The van der Waals surface area contributed by atoms with Crippen LogP contribution in [0, 0.1) is 13.8 Å². The number of anilines is 2. The first kappa shape index (κ1) is 19.4. The summed E-state index contributed by atoms with van der Waals surface area (Å²) in [6.45, 7) is 3.95. The Morgan fingerprint density at radius 2 is 1.79 bits per heavy atom. The number of aryl methyl sites for hydroxylation is 2. The highest BCUT2D eigenvalue weighted by Gasteiger charge is 2.33. The predicted molar refractivity (Wildman–Crippen MR) is 113 cm³/mol. The van der Waals surface area contributed by atoms with Gasteiger partial charge in [-0.2, -0.15) is 8.42 Å². The Morgan fingerprint density at radius 1 is 1.03 bits per heavy atom. The van der Waals surface area contributed by atoms with Gasteiger partial charge in [-0.1, -0.05) is 24.3 Å². The largest absolute Gasteiger partial charge is 0.453 e. The molecule has 1 aliphatic heterocycles. The predicted octanol–water partition coefficient (Wildman–Crippen LogP) is 4.96. The van der Waals surface area contributed by atoms with Crippen molar-refractivity contribution in [2.45, 2.75) is 26.3 Å². The second-order valence-corrected chi connectivity index (χ2v) is 8.78. The molecule has 2 heterocycles. The van der Waals surface area contributed by atoms with E-state index in [4.69, 9.17) is 4.74 Å². The first-order chi connectivity index (χ1) is 13.8. The van der Waals surface area contributed by atoms with Crippen LogP contribution >= 0.6 is 0 Å². The topological polar surface area (TPSA) is 79.7 Å². The maximum Gasteiger partial charge on any atom is 0.264 e. The van der Waals surface area contributed by atoms with E-state index >= 15 is 0 Å². The monoisotopic (exact) mass is 410 g/mol. The molecule has 6 nitrogen and oxygen atoms in total. The van der Waals surface area contributed by atoms with E-state index in [1.807, 2.05) is 68.4 Å². The first-order valence-corrected chi connectivity index (χ1v) is 11.0. The van der Waals surface area contributed by atoms with E-state index in [0.717, 1.165) is 28.2 Å². The molecule has 0 spiro atoms. The third-order valence-corrected chi connectivity index (χ3v) is 5.80. The molecule has 3 aromatic rings. The number of benzene rings is 2. The van der Waals surface area contributed by atoms with Crippen molar-refractivity contribution in [1.82, 2.24) is 4.98 Å². The average Bonchev–Trinajstić information content (AvgIpc) is 2.68. The fraction of sp³-hybridized carbons (Fsp3) is 0.227. The van der Waals surface area contributed by atoms with Crippen molar-refractivity contribution < 1.29 is 17.7 Å². The van der Waals surface area contributed by atoms with Crippen molar-refractivity contribution in [2.75, 3.05) is 10.7 Å². The summed E-state index contributed by atoms with van der Waals surface area (Å²) in [7, 11) is -4.13. The molecule has 0 radical (unpaired) electrons. The fourth-order valence-electron chi connectivity index (χ4n) is 3.72. The normalized spacial score (nSPS) is 14.0. The maximum atomic E-state index is 11.6. The van der Waals surface area contributed by atoms with E-state index < -0.39 is 16.2 Å². The Labute approximate surface area is 170 Å². The molecule has 1 atom stereocenters. The third kappa shape index (κ3) is 3.97. The van der Waals surface area contributed by atoms with Crippen LogP contribution in [0.25, 0.3) is 0 Å². The number of hydrogen-bond donors (Lipinski definition) is 1. The summed E-state index contributed by atoms with van der Waals surface area (Å²) in [5.41, 5.74) is 4.44. The molecule has 150 valence electrons. The number of hydrogen-bond acceptors (Lipinski definition) is 5. The van der Waals surface area contributed by atoms with E-state index in [0.29, 0.717) is 11.5 Å². The first-order valence-electron chi connectivity index (χ1n) is 9.37. The molecule has 1 unspecified atom stereocenters. The lowest BCUT2D eigenvalue weighted by Crippen LogP contribution is -2.29. The van der Waals surface area contributed by atoms with Gasteiger partial charge in [0.15, 0.2) is 11.5 Å². The van der Waals surface area contributed by atoms with Crippen molar-refractivity contribution >= 4 is 21.5 Å². The molecule has 0 saturated carbocycles. The summed E-state index contributed by atoms with van der Waals surface area (Å²) in [6.07, 6.45) is 1.88. The summed E-state index contributed by atoms with van der Waals surface area (Å²) < 4.78 is 38.7. The molecular formula is C22H22N2O4S. The zero-order chi connectivity index (χ0) is 20.6. The summed E-state index contributed by atoms with van der Waals surface area (Å²) in [4.78, 5) is 6.63. The average molecular weight is 410 g/mol. The minimum Gasteiger partial charge on any atom is -0.453 e. The minimum atomic E-state index is -4.13. The van der Waals surface area contributed by atoms with Crippen LogP contribution < -0.4 is 9.64 Å². The van der Waals surface area contributed by atoms with Crippen LogP contribution in [0.2, 0.25) is 0 Å². The summed E-state index contributed by atoms with van der Waals surface area (Å²) in [5, 5.41) is 0. The quantitative estimate of drug-likeness (QED) is 0.599. The van der Waals surface area contributed by atoms with E-state index in [-0.39, 0.29) is 12.2 Å². The molecule has 1 aliphatic rings. The number of ether oxygens (including phenoxy) is 1. The molecule has 2 aromatic carbocycles. The van der Waals surface area contributed by atoms with Crippen LogP contribution in [0.1, 0.15) is 29.3 Å². The Morgan fingerprint density at radius 3 is 2.55 bits per heavy atom. The third-order valence-electron chi connectivity index (χ3n) is 5.05. The molecule has 0 amide bonds. The van der Waals surface area contributed by atoms with E-state index in [1.165, 1.54) is 0 Å². The van der Waals surface area contributed by atoms with Gasteiger partial charge in [-0.3, -0.25) is 9.54 Å². The van der Waals surface area contributed by atoms with Crippen LogP contribution in [-0.4, -0.2) is 23.7 Å². The van der Waals surface area contributed by atoms with Gasteiger partial charge < -0.3 is 9.64 Å². The van der Waals surface area contributed by atoms with Crippen LogP contribution in [0.15, 0.2) is 60.8 Å². The highest BCUT2D eigenvalue weighted by molar-refractivity contribution is 7.85. The van der Waals surface area contributed by atoms with Crippen LogP contribution in [0.4, 0.5) is 11.4 Å². The molecular weight excluding hydrogens is 388 g/mol. The number of aromatic nitrogens is 1. The highest BCUT2D eigenvalue weighted by atomic mass is 32.2. The number of pyridine rings is 1. The molecule has 0 bridgehead atoms. The Bertz CT molecular complexity index is 1160. The van der Waals surface area contributed by atoms with Gasteiger partial charge >= 0.3 is 0 Å². The van der Waals surface area contributed by atoms with Crippen LogP contribution in [0.3, 0.4) is 0 Å². The van der Waals surface area contributed by atoms with Crippen molar-refractivity contribution in [2.24, 2.45) is 0 Å². The molecule has 1 aromatic heterocycles. The van der Waals surface area contributed by atoms with Crippen molar-refractivity contribution in [3.8, 4) is 11.5 Å². The van der Waals surface area contributed by atoms with Gasteiger partial charge in [-0.25, -0.2) is 0 Å². The SMILES string of the molecule is Cc1ccc2c(c1)N(C(CCS(=O)(=O)O)c1ncccc1C)c1ccccc1O2. The number of para-hydroxylation sites is 2. The van der Waals surface area contributed by atoms with Gasteiger partial charge in [-0.05, 0) is 61.7 Å². The summed E-state index contributed by atoms with van der Waals surface area (Å²) in [6, 6.07) is 17.0. The zero-order valence-corrected chi connectivity index (χ0v) is 17.1. The van der Waals surface area contributed by atoms with Gasteiger partial charge in [0, 0.05) is 6.20 Å². The number of rotatable bonds is 5. The lowest BCUT2D eigenvalue weighted by Gasteiger charge is -2.39. The van der Waals surface area contributed by atoms with Gasteiger partial charge in [0.2, 0.25) is 0 Å². The molecule has 29 heavy (non-hydrogen) atoms. The maximum absolute atomic E-state index is 11.6. The molecule has 0 saturated heterocycles. The van der Waals surface area contributed by atoms with Crippen LogP contribution in [-0.2, 0) is 10.1 Å². The lowest BCUT2D eigenvalue weighted by molar-refractivity contribution is 0.459. The molecule has 7 heteroatoms. The fourth-order valence-corrected chi connectivity index (χ4v) is 4.25. The second kappa shape index (κ2) is 7.50. The van der Waals surface area contributed by atoms with Gasteiger partial charge in [0.25, 0.3) is 10.1 Å². The molecule has 0 aliphatic carbocycles. The van der Waals surface area contributed by atoms with Crippen molar-refractivity contribution in [3.05, 3.63) is 77.6 Å². The minimum absolute atomic E-state index is 0.179. The Balaban J connectivity index is 1.92. The van der Waals surface area contributed by atoms with Crippen molar-refractivity contribution in [1.29, 1.82) is 0 Å². The smallest absolute Gasteiger partial charge is 0.264 e. The Hall–Kier alpha value is -2.90. The summed E-state index contributed by atoms with van der Waals surface area (Å²) >= 11 is 0.